The second kappa shape index (κ2) is 28.8. The number of hydrogen-bond donors (Lipinski definition) is 1. The lowest BCUT2D eigenvalue weighted by atomic mass is 9.57. The van der Waals surface area contributed by atoms with Gasteiger partial charge in [0.2, 0.25) is 17.7 Å². The van der Waals surface area contributed by atoms with E-state index in [0.29, 0.717) is 107 Å². The topological polar surface area (TPSA) is 227 Å². The van der Waals surface area contributed by atoms with E-state index in [1.807, 2.05) is 20.0 Å². The van der Waals surface area contributed by atoms with Crippen molar-refractivity contribution < 1.29 is 66.8 Å². The van der Waals surface area contributed by atoms with E-state index in [0.717, 1.165) is 44.2 Å². The van der Waals surface area contributed by atoms with Crippen LogP contribution >= 0.6 is 0 Å². The fraction of sp³-hybridized carbons (Fsp3) is 0.606. The Morgan fingerprint density at radius 2 is 1.41 bits per heavy atom. The number of ether oxygens (including phenoxy) is 6. The summed E-state index contributed by atoms with van der Waals surface area (Å²) in [4.78, 5) is 116. The van der Waals surface area contributed by atoms with E-state index < -0.39 is 36.1 Å². The van der Waals surface area contributed by atoms with Crippen LogP contribution in [0.5, 0.6) is 0 Å². The molecule has 21 nitrogen and oxygen atoms in total. The van der Waals surface area contributed by atoms with Crippen LogP contribution in [0.25, 0.3) is 0 Å². The number of carbonyl (C=O) groups excluding carboxylic acids is 8. The Kier molecular flexibility index (Phi) is 21.3. The van der Waals surface area contributed by atoms with Gasteiger partial charge in [0.05, 0.1) is 59.3 Å². The minimum atomic E-state index is -1.11. The molecule has 3 saturated heterocycles. The van der Waals surface area contributed by atoms with Gasteiger partial charge in [0.25, 0.3) is 0 Å². The number of ketones is 3. The molecule has 0 aromatic heterocycles. The van der Waals surface area contributed by atoms with Crippen molar-refractivity contribution in [2.45, 2.75) is 121 Å². The molecule has 2 aromatic rings. The van der Waals surface area contributed by atoms with Gasteiger partial charge in [-0.25, -0.2) is 9.59 Å². The molecule has 1 spiro atoms. The van der Waals surface area contributed by atoms with Crippen LogP contribution in [0.1, 0.15) is 124 Å². The molecule has 5 fully saturated rings. The molecule has 2 aromatic carbocycles. The van der Waals surface area contributed by atoms with Crippen molar-refractivity contribution in [3.8, 4) is 11.8 Å². The fourth-order valence-electron chi connectivity index (χ4n) is 14.5. The second-order valence-electron chi connectivity index (χ2n) is 24.0. The molecule has 7 aliphatic rings. The van der Waals surface area contributed by atoms with E-state index in [-0.39, 0.29) is 92.6 Å². The predicted molar refractivity (Wildman–Crippen MR) is 324 cm³/mol. The van der Waals surface area contributed by atoms with Gasteiger partial charge in [-0.3, -0.25) is 28.8 Å². The van der Waals surface area contributed by atoms with Crippen LogP contribution in [0.2, 0.25) is 0 Å². The summed E-state index contributed by atoms with van der Waals surface area (Å²) in [6.07, 6.45) is 8.64. The van der Waals surface area contributed by atoms with E-state index >= 15 is 0 Å². The number of likely N-dealkylation sites (N-methyl/N-ethyl adjacent to an activating group) is 1. The third-order valence-electron chi connectivity index (χ3n) is 18.8. The van der Waals surface area contributed by atoms with Crippen molar-refractivity contribution in [1.82, 2.24) is 24.5 Å². The SMILES string of the molecule is CC#CC12CCC3C4CCC5=CC(=O)CCC5=C4C(c4ccc(N(C)CCCC(=O)N5CCN(C(=O)OC)CC5C(=O)N5CCN(C(=O)OC)CC5C(=O)N(C)CCCOCCOCCOCCCNc5cccc(C(C)=O)c5C(C)=O)cc4)CC31O2. The number of rotatable bonds is 25. The number of hydrogen-bond acceptors (Lipinski definition) is 16. The van der Waals surface area contributed by atoms with Crippen LogP contribution in [-0.2, 0) is 47.6 Å². The normalized spacial score (nSPS) is 24.5. The molecule has 7 unspecified atom stereocenters. The average Bonchev–Trinajstić information content (AvgIpc) is 1.49. The lowest BCUT2D eigenvalue weighted by Gasteiger charge is -2.46. The van der Waals surface area contributed by atoms with E-state index in [2.05, 4.69) is 46.3 Å². The van der Waals surface area contributed by atoms with Gasteiger partial charge in [-0.1, -0.05) is 35.8 Å². The van der Waals surface area contributed by atoms with Crippen LogP contribution in [0.3, 0.4) is 0 Å². The second-order valence-corrected chi connectivity index (χ2v) is 24.0. The van der Waals surface area contributed by atoms with Crippen LogP contribution in [-0.4, -0.2) is 222 Å². The zero-order chi connectivity index (χ0) is 62.0. The number of nitrogens with zero attached hydrogens (tertiary/aromatic N) is 6. The van der Waals surface area contributed by atoms with Crippen molar-refractivity contribution in [2.75, 3.05) is 137 Å². The Morgan fingerprint density at radius 1 is 0.747 bits per heavy atom. The number of epoxide rings is 1. The quantitative estimate of drug-likeness (QED) is 0.0473. The first-order valence-electron chi connectivity index (χ1n) is 31.0. The number of benzene rings is 2. The van der Waals surface area contributed by atoms with Gasteiger partial charge in [-0.05, 0) is 131 Å². The highest BCUT2D eigenvalue weighted by Crippen LogP contribution is 2.73. The zero-order valence-electron chi connectivity index (χ0n) is 51.8. The van der Waals surface area contributed by atoms with Crippen LogP contribution in [0, 0.1) is 23.7 Å². The standard InChI is InChI=1S/C66H87N7O14/c1-8-25-65-26-24-54-52-22-18-47-40-49(76)21-23-51(47)60(52)53(41-66(54,65)87-65)46-16-19-48(20-17-46)68(4)28-10-15-58(77)72-32-30-70(63(80)82-6)43-57(72)62(79)73-33-31-71(64(81)83-7)42-56(73)61(78)69(5)29-12-35-85-37-39-86-38-36-84-34-11-27-67-55-14-9-13-50(44(2)74)59(55)45(3)75/h9,13-14,16-17,19-20,40,52-54,56-57,67H,10-12,15,18,21-24,26-39,41-43H2,1-7H3. The predicted octanol–water partition coefficient (Wildman–Crippen LogP) is 6.69. The van der Waals surface area contributed by atoms with Crippen molar-refractivity contribution in [3.63, 3.8) is 0 Å². The Hall–Kier alpha value is -7.12. The largest absolute Gasteiger partial charge is 0.453 e. The van der Waals surface area contributed by atoms with Gasteiger partial charge in [-0.15, -0.1) is 5.92 Å². The van der Waals surface area contributed by atoms with Crippen LogP contribution in [0.15, 0.2) is 65.3 Å². The molecule has 0 radical (unpaired) electrons. The van der Waals surface area contributed by atoms with Gasteiger partial charge in [-0.2, -0.15) is 0 Å². The number of piperazine rings is 2. The number of Topliss-reactive ketones (excluding diaryl/α,β-unsaturated/α-hetero) is 2. The molecule has 470 valence electrons. The molecule has 2 saturated carbocycles. The summed E-state index contributed by atoms with van der Waals surface area (Å²) in [5, 5.41) is 3.23. The van der Waals surface area contributed by atoms with Gasteiger partial charge >= 0.3 is 12.2 Å². The smallest absolute Gasteiger partial charge is 0.409 e. The highest BCUT2D eigenvalue weighted by Gasteiger charge is 2.79. The number of amides is 5. The Morgan fingerprint density at radius 3 is 2.08 bits per heavy atom. The van der Waals surface area contributed by atoms with Crippen LogP contribution in [0.4, 0.5) is 21.0 Å². The number of methoxy groups -OCH3 is 2. The third kappa shape index (κ3) is 14.1. The third-order valence-corrected chi connectivity index (χ3v) is 18.8. The van der Waals surface area contributed by atoms with E-state index in [1.54, 1.807) is 25.2 Å². The molecule has 3 aliphatic heterocycles. The highest BCUT2D eigenvalue weighted by atomic mass is 16.6. The first-order chi connectivity index (χ1) is 42.0. The fourth-order valence-corrected chi connectivity index (χ4v) is 14.5. The summed E-state index contributed by atoms with van der Waals surface area (Å²) in [6.45, 7) is 8.45. The highest BCUT2D eigenvalue weighted by molar-refractivity contribution is 6.10. The monoisotopic (exact) mass is 1200 g/mol. The minimum absolute atomic E-state index is 0.00628. The number of fused-ring (bicyclic) bond motifs is 3. The Labute approximate surface area is 511 Å². The van der Waals surface area contributed by atoms with E-state index in [1.165, 1.54) is 74.8 Å². The van der Waals surface area contributed by atoms with Crippen molar-refractivity contribution in [3.05, 3.63) is 82.0 Å². The molecular weight excluding hydrogens is 1110 g/mol. The van der Waals surface area contributed by atoms with Gasteiger partial charge < -0.3 is 63.1 Å². The average molecular weight is 1200 g/mol. The first kappa shape index (κ1) is 64.4. The summed E-state index contributed by atoms with van der Waals surface area (Å²) in [5.74, 6) is 6.38. The molecule has 4 aliphatic carbocycles. The summed E-state index contributed by atoms with van der Waals surface area (Å²) in [6, 6.07) is 11.7. The zero-order valence-corrected chi connectivity index (χ0v) is 51.8. The molecule has 87 heavy (non-hydrogen) atoms. The molecule has 0 bridgehead atoms. The molecule has 3 heterocycles. The molecule has 5 amide bonds. The van der Waals surface area contributed by atoms with E-state index in [4.69, 9.17) is 28.4 Å². The van der Waals surface area contributed by atoms with Crippen LogP contribution < -0.4 is 10.2 Å². The summed E-state index contributed by atoms with van der Waals surface area (Å²) < 4.78 is 34.0. The maximum atomic E-state index is 14.9. The Bertz CT molecular complexity index is 3040. The maximum absolute atomic E-state index is 14.9. The minimum Gasteiger partial charge on any atom is -0.453 e. The van der Waals surface area contributed by atoms with E-state index in [9.17, 15) is 38.4 Å². The molecular formula is C66H87N7O14. The van der Waals surface area contributed by atoms with Gasteiger partial charge in [0.15, 0.2) is 23.0 Å². The van der Waals surface area contributed by atoms with Crippen molar-refractivity contribution >= 4 is 58.6 Å². The Balaban J connectivity index is 0.750. The van der Waals surface area contributed by atoms with Crippen molar-refractivity contribution in [2.24, 2.45) is 11.8 Å². The van der Waals surface area contributed by atoms with Crippen molar-refractivity contribution in [1.29, 1.82) is 0 Å². The number of nitrogens with one attached hydrogen (secondary N) is 1. The summed E-state index contributed by atoms with van der Waals surface area (Å²) in [7, 11) is 6.15. The summed E-state index contributed by atoms with van der Waals surface area (Å²) in [5.41, 5.74) is 7.16. The number of allylic oxidation sites excluding steroid dienone is 4. The lowest BCUT2D eigenvalue weighted by molar-refractivity contribution is -0.156. The first-order valence-corrected chi connectivity index (χ1v) is 31.0. The number of carbonyl (C=O) groups is 8. The molecule has 7 atom stereocenters. The van der Waals surface area contributed by atoms with Gasteiger partial charge in [0.1, 0.15) is 17.7 Å². The lowest BCUT2D eigenvalue weighted by Crippen LogP contribution is -2.67. The molecule has 1 N–H and O–H groups in total. The van der Waals surface area contributed by atoms with Gasteiger partial charge in [0, 0.05) is 109 Å². The maximum Gasteiger partial charge on any atom is 0.409 e. The summed E-state index contributed by atoms with van der Waals surface area (Å²) >= 11 is 0. The number of anilines is 2. The molecule has 9 rings (SSSR count). The molecule has 21 heteroatoms.